The molecular weight excluding hydrogens is 502 g/mol. The van der Waals surface area contributed by atoms with Gasteiger partial charge in [0.05, 0.1) is 46.6 Å². The zero-order valence-electron chi connectivity index (χ0n) is 20.8. The van der Waals surface area contributed by atoms with Gasteiger partial charge >= 0.3 is 0 Å². The van der Waals surface area contributed by atoms with E-state index in [0.717, 1.165) is 49.4 Å². The molecule has 6 rings (SSSR count). The molecule has 1 amide bonds. The maximum absolute atomic E-state index is 13.0. The first-order valence-electron chi connectivity index (χ1n) is 12.3. The van der Waals surface area contributed by atoms with E-state index in [4.69, 9.17) is 9.72 Å². The molecule has 2 aromatic carbocycles. The van der Waals surface area contributed by atoms with E-state index >= 15 is 0 Å². The lowest BCUT2D eigenvalue weighted by molar-refractivity contribution is 0.0342. The summed E-state index contributed by atoms with van der Waals surface area (Å²) in [5.41, 5.74) is 5.48. The Hall–Kier alpha value is -4.06. The molecule has 0 bridgehead atoms. The van der Waals surface area contributed by atoms with Crippen LogP contribution in [0.25, 0.3) is 22.6 Å². The van der Waals surface area contributed by atoms with E-state index in [-0.39, 0.29) is 5.91 Å². The molecule has 0 radical (unpaired) electrons. The Kier molecular flexibility index (Phi) is 6.62. The molecule has 0 spiro atoms. The van der Waals surface area contributed by atoms with Crippen molar-refractivity contribution in [3.8, 4) is 11.5 Å². The second-order valence-corrected chi connectivity index (χ2v) is 10.7. The van der Waals surface area contributed by atoms with Gasteiger partial charge in [0.15, 0.2) is 16.8 Å². The molecule has 3 aromatic heterocycles. The maximum atomic E-state index is 13.0. The van der Waals surface area contributed by atoms with Crippen LogP contribution in [-0.2, 0) is 22.3 Å². The molecule has 1 fully saturated rings. The summed E-state index contributed by atoms with van der Waals surface area (Å²) in [6, 6.07) is 15.3. The third kappa shape index (κ3) is 5.03. The van der Waals surface area contributed by atoms with E-state index in [9.17, 15) is 9.00 Å². The number of anilines is 1. The van der Waals surface area contributed by atoms with Gasteiger partial charge in [-0.1, -0.05) is 23.8 Å². The number of H-pyrrole nitrogens is 2. The Morgan fingerprint density at radius 3 is 2.76 bits per heavy atom. The smallest absolute Gasteiger partial charge is 0.257 e. The van der Waals surface area contributed by atoms with E-state index in [1.165, 1.54) is 9.54 Å². The number of nitrogens with zero attached hydrogens (tertiary/aromatic N) is 4. The molecule has 10 nitrogen and oxygen atoms in total. The van der Waals surface area contributed by atoms with Gasteiger partial charge in [-0.05, 0) is 42.8 Å². The normalized spacial score (nSPS) is 15.1. The first-order chi connectivity index (χ1) is 18.5. The van der Waals surface area contributed by atoms with Gasteiger partial charge in [-0.3, -0.25) is 18.8 Å². The first-order valence-corrected chi connectivity index (χ1v) is 13.4. The van der Waals surface area contributed by atoms with Crippen molar-refractivity contribution in [3.63, 3.8) is 0 Å². The van der Waals surface area contributed by atoms with E-state index in [0.29, 0.717) is 27.7 Å². The van der Waals surface area contributed by atoms with Gasteiger partial charge in [0.1, 0.15) is 5.69 Å². The molecule has 0 saturated carbocycles. The van der Waals surface area contributed by atoms with Crippen LogP contribution in [0.3, 0.4) is 0 Å². The second kappa shape index (κ2) is 10.4. The number of benzene rings is 2. The second-order valence-electron chi connectivity index (χ2n) is 9.26. The Balaban J connectivity index is 1.18. The summed E-state index contributed by atoms with van der Waals surface area (Å²) in [4.78, 5) is 24.1. The van der Waals surface area contributed by atoms with Crippen LogP contribution >= 0.6 is 0 Å². The van der Waals surface area contributed by atoms with E-state index in [1.54, 1.807) is 24.7 Å². The van der Waals surface area contributed by atoms with Crippen molar-refractivity contribution in [2.45, 2.75) is 18.4 Å². The van der Waals surface area contributed by atoms with Gasteiger partial charge in [0.2, 0.25) is 0 Å². The summed E-state index contributed by atoms with van der Waals surface area (Å²) in [5, 5.41) is 9.94. The molecule has 11 heteroatoms. The average Bonchev–Trinajstić information content (AvgIpc) is 3.69. The number of carbonyl (C=O) groups is 1. The van der Waals surface area contributed by atoms with Crippen LogP contribution in [0, 0.1) is 6.92 Å². The lowest BCUT2D eigenvalue weighted by Crippen LogP contribution is -2.35. The summed E-state index contributed by atoms with van der Waals surface area (Å²) in [5.74, 6) is 0.241. The van der Waals surface area contributed by atoms with Crippen LogP contribution in [-0.4, -0.2) is 65.5 Å². The van der Waals surface area contributed by atoms with Gasteiger partial charge in [0.25, 0.3) is 5.91 Å². The lowest BCUT2D eigenvalue weighted by Gasteiger charge is -2.26. The quantitative estimate of drug-likeness (QED) is 0.296. The molecular formula is C27H27N7O3S. The monoisotopic (exact) mass is 529 g/mol. The highest BCUT2D eigenvalue weighted by Crippen LogP contribution is 2.27. The van der Waals surface area contributed by atoms with Crippen molar-refractivity contribution in [1.82, 2.24) is 29.0 Å². The number of nitrogens with one attached hydrogen (secondary N) is 3. The van der Waals surface area contributed by atoms with Crippen molar-refractivity contribution in [2.75, 3.05) is 31.6 Å². The topological polar surface area (TPSA) is 121 Å². The van der Waals surface area contributed by atoms with Crippen LogP contribution in [0.2, 0.25) is 0 Å². The highest BCUT2D eigenvalue weighted by molar-refractivity contribution is 7.83. The van der Waals surface area contributed by atoms with Crippen LogP contribution in [0.15, 0.2) is 72.0 Å². The maximum Gasteiger partial charge on any atom is 0.257 e. The van der Waals surface area contributed by atoms with Gasteiger partial charge in [-0.2, -0.15) is 5.10 Å². The number of aromatic amines is 2. The number of imidazole rings is 1. The predicted octanol–water partition coefficient (Wildman–Crippen LogP) is 3.72. The van der Waals surface area contributed by atoms with Crippen LogP contribution in [0.1, 0.15) is 21.5 Å². The minimum absolute atomic E-state index is 0.337. The molecule has 3 N–H and O–H groups in total. The molecule has 4 heterocycles. The van der Waals surface area contributed by atoms with Crippen molar-refractivity contribution >= 4 is 33.6 Å². The summed E-state index contributed by atoms with van der Waals surface area (Å²) in [7, 11) is -1.44. The Bertz CT molecular complexity index is 1610. The molecule has 194 valence electrons. The SMILES string of the molecule is Cc1ccc(S(=O)n2ccc(C(=O)Nc3cn[nH]c3-c3nc4ccc(CN5CCOCC5)cc4[nH]3)c2)cc1. The van der Waals surface area contributed by atoms with Crippen LogP contribution in [0.4, 0.5) is 5.69 Å². The van der Waals surface area contributed by atoms with Crippen LogP contribution < -0.4 is 5.32 Å². The Morgan fingerprint density at radius 2 is 1.95 bits per heavy atom. The number of carbonyl (C=O) groups excluding carboxylic acids is 1. The summed E-state index contributed by atoms with van der Waals surface area (Å²) >= 11 is 0. The molecule has 1 aliphatic heterocycles. The zero-order chi connectivity index (χ0) is 26.1. The molecule has 1 atom stereocenters. The molecule has 38 heavy (non-hydrogen) atoms. The van der Waals surface area contributed by atoms with E-state index < -0.39 is 11.0 Å². The highest BCUT2D eigenvalue weighted by atomic mass is 32.2. The zero-order valence-corrected chi connectivity index (χ0v) is 21.6. The number of aromatic nitrogens is 5. The van der Waals surface area contributed by atoms with E-state index in [1.807, 2.05) is 37.3 Å². The van der Waals surface area contributed by atoms with Crippen molar-refractivity contribution in [3.05, 3.63) is 83.8 Å². The third-order valence-electron chi connectivity index (χ3n) is 6.52. The molecule has 5 aromatic rings. The number of amides is 1. The van der Waals surface area contributed by atoms with Crippen molar-refractivity contribution in [1.29, 1.82) is 0 Å². The molecule has 1 unspecified atom stereocenters. The van der Waals surface area contributed by atoms with Crippen molar-refractivity contribution < 1.29 is 13.7 Å². The fourth-order valence-corrected chi connectivity index (χ4v) is 5.43. The number of fused-ring (bicyclic) bond motifs is 1. The average molecular weight is 530 g/mol. The number of hydrogen-bond acceptors (Lipinski definition) is 6. The summed E-state index contributed by atoms with van der Waals surface area (Å²) in [6.45, 7) is 6.21. The predicted molar refractivity (Wildman–Crippen MR) is 145 cm³/mol. The minimum Gasteiger partial charge on any atom is -0.379 e. The van der Waals surface area contributed by atoms with Gasteiger partial charge in [-0.25, -0.2) is 9.19 Å². The third-order valence-corrected chi connectivity index (χ3v) is 7.81. The molecule has 1 aliphatic rings. The Morgan fingerprint density at radius 1 is 1.13 bits per heavy atom. The number of hydrogen-bond donors (Lipinski definition) is 3. The van der Waals surface area contributed by atoms with Crippen molar-refractivity contribution in [2.24, 2.45) is 0 Å². The highest BCUT2D eigenvalue weighted by Gasteiger charge is 2.18. The fraction of sp³-hybridized carbons (Fsp3) is 0.222. The van der Waals surface area contributed by atoms with E-state index in [2.05, 4.69) is 37.5 Å². The molecule has 0 aliphatic carbocycles. The molecule has 1 saturated heterocycles. The summed E-state index contributed by atoms with van der Waals surface area (Å²) < 4.78 is 19.8. The number of rotatable bonds is 7. The largest absolute Gasteiger partial charge is 0.379 e. The van der Waals surface area contributed by atoms with Gasteiger partial charge < -0.3 is 15.0 Å². The lowest BCUT2D eigenvalue weighted by atomic mass is 10.2. The number of aryl methyl sites for hydroxylation is 1. The number of ether oxygens (including phenoxy) is 1. The van der Waals surface area contributed by atoms with Crippen LogP contribution in [0.5, 0.6) is 0 Å². The standard InChI is InChI=1S/C27H27N7O3S/c1-18-2-5-21(6-3-18)38(36)34-9-8-20(17-34)27(35)31-24-15-28-32-25(24)26-29-22-7-4-19(14-23(22)30-26)16-33-10-12-37-13-11-33/h2-9,14-15,17H,10-13,16H2,1H3,(H,28,32)(H,29,30)(H,31,35). The first kappa shape index (κ1) is 24.3. The minimum atomic E-state index is -1.44. The van der Waals surface area contributed by atoms with Gasteiger partial charge in [-0.15, -0.1) is 0 Å². The number of morpholine rings is 1. The summed E-state index contributed by atoms with van der Waals surface area (Å²) in [6.07, 6.45) is 4.75. The Labute approximate surface area is 221 Å². The van der Waals surface area contributed by atoms with Gasteiger partial charge in [0, 0.05) is 32.0 Å². The fourth-order valence-electron chi connectivity index (χ4n) is 4.44.